The van der Waals surface area contributed by atoms with Crippen molar-refractivity contribution in [1.29, 1.82) is 0 Å². The molecule has 0 aliphatic heterocycles. The van der Waals surface area contributed by atoms with E-state index in [2.05, 4.69) is 17.2 Å². The molecule has 6 heteroatoms. The van der Waals surface area contributed by atoms with Crippen molar-refractivity contribution >= 4 is 29.2 Å². The Morgan fingerprint density at radius 1 is 1.71 bits per heavy atom. The zero-order valence-corrected chi connectivity index (χ0v) is 10.8. The summed E-state index contributed by atoms with van der Waals surface area (Å²) in [4.78, 5) is 14.7. The van der Waals surface area contributed by atoms with Gasteiger partial charge in [-0.25, -0.2) is 9.78 Å². The van der Waals surface area contributed by atoms with Gasteiger partial charge in [-0.05, 0) is 18.7 Å². The number of carboxylic acids is 1. The van der Waals surface area contributed by atoms with Crippen molar-refractivity contribution in [2.24, 2.45) is 0 Å². The van der Waals surface area contributed by atoms with Crippen LogP contribution in [0.5, 0.6) is 0 Å². The molecule has 17 heavy (non-hydrogen) atoms. The largest absolute Gasteiger partial charge is 0.478 e. The van der Waals surface area contributed by atoms with Crippen molar-refractivity contribution in [3.8, 4) is 0 Å². The Bertz CT molecular complexity index is 398. The Hall–Kier alpha value is -1.43. The van der Waals surface area contributed by atoms with Gasteiger partial charge in [0.2, 0.25) is 0 Å². The van der Waals surface area contributed by atoms with Crippen LogP contribution in [-0.4, -0.2) is 33.6 Å². The van der Waals surface area contributed by atoms with Crippen molar-refractivity contribution in [2.75, 3.05) is 22.6 Å². The molecule has 5 nitrogen and oxygen atoms in total. The first-order valence-electron chi connectivity index (χ1n) is 5.37. The number of nitrogens with zero attached hydrogens (tertiary/aromatic N) is 1. The number of carbonyl (C=O) groups is 1. The third-order valence-corrected chi connectivity index (χ3v) is 3.26. The molecular formula is C11H17N3O2S. The van der Waals surface area contributed by atoms with Crippen molar-refractivity contribution in [1.82, 2.24) is 4.98 Å². The Balaban J connectivity index is 2.69. The normalized spacial score (nSPS) is 12.1. The quantitative estimate of drug-likeness (QED) is 0.719. The van der Waals surface area contributed by atoms with Gasteiger partial charge in [0.1, 0.15) is 5.82 Å². The lowest BCUT2D eigenvalue weighted by atomic mass is 10.2. The van der Waals surface area contributed by atoms with E-state index in [4.69, 9.17) is 10.8 Å². The molecule has 1 aromatic heterocycles. The second kappa shape index (κ2) is 6.34. The molecular weight excluding hydrogens is 238 g/mol. The van der Waals surface area contributed by atoms with E-state index in [0.717, 1.165) is 11.5 Å². The van der Waals surface area contributed by atoms with E-state index in [1.165, 1.54) is 12.3 Å². The highest BCUT2D eigenvalue weighted by Crippen LogP contribution is 2.18. The molecule has 1 heterocycles. The van der Waals surface area contributed by atoms with E-state index < -0.39 is 5.97 Å². The number of nitrogen functional groups attached to an aromatic ring is 1. The van der Waals surface area contributed by atoms with E-state index in [1.54, 1.807) is 0 Å². The summed E-state index contributed by atoms with van der Waals surface area (Å²) in [6.07, 6.45) is 1.31. The van der Waals surface area contributed by atoms with E-state index in [0.29, 0.717) is 11.5 Å². The van der Waals surface area contributed by atoms with Gasteiger partial charge in [0.05, 0.1) is 11.3 Å². The minimum absolute atomic E-state index is 0.101. The van der Waals surface area contributed by atoms with Crippen molar-refractivity contribution in [3.05, 3.63) is 17.8 Å². The summed E-state index contributed by atoms with van der Waals surface area (Å²) in [7, 11) is 0. The maximum Gasteiger partial charge on any atom is 0.337 e. The number of nitrogens with two attached hydrogens (primary N) is 1. The van der Waals surface area contributed by atoms with Gasteiger partial charge in [0.15, 0.2) is 0 Å². The highest BCUT2D eigenvalue weighted by molar-refractivity contribution is 7.99. The molecule has 0 fully saturated rings. The van der Waals surface area contributed by atoms with Crippen LogP contribution in [0.25, 0.3) is 0 Å². The van der Waals surface area contributed by atoms with E-state index in [-0.39, 0.29) is 11.6 Å². The number of aromatic nitrogens is 1. The maximum absolute atomic E-state index is 10.7. The zero-order chi connectivity index (χ0) is 12.8. The summed E-state index contributed by atoms with van der Waals surface area (Å²) in [6, 6.07) is 1.66. The Labute approximate surface area is 105 Å². The fraction of sp³-hybridized carbons (Fsp3) is 0.455. The van der Waals surface area contributed by atoms with Crippen LogP contribution in [0.3, 0.4) is 0 Å². The minimum atomic E-state index is -1.02. The van der Waals surface area contributed by atoms with Crippen LogP contribution >= 0.6 is 11.8 Å². The van der Waals surface area contributed by atoms with Crippen molar-refractivity contribution < 1.29 is 9.90 Å². The Kier molecular flexibility index (Phi) is 5.09. The van der Waals surface area contributed by atoms with E-state index in [1.807, 2.05) is 18.7 Å². The van der Waals surface area contributed by atoms with Crippen LogP contribution in [0.4, 0.5) is 11.5 Å². The van der Waals surface area contributed by atoms with Crippen LogP contribution in [0.15, 0.2) is 12.3 Å². The molecule has 0 aliphatic rings. The average molecular weight is 255 g/mol. The summed E-state index contributed by atoms with van der Waals surface area (Å²) >= 11 is 1.82. The molecule has 0 aromatic carbocycles. The van der Waals surface area contributed by atoms with Crippen molar-refractivity contribution in [2.45, 2.75) is 19.9 Å². The molecule has 0 spiro atoms. The molecule has 94 valence electrons. The summed E-state index contributed by atoms with van der Waals surface area (Å²) in [5.41, 5.74) is 6.20. The van der Waals surface area contributed by atoms with Crippen molar-refractivity contribution in [3.63, 3.8) is 0 Å². The summed E-state index contributed by atoms with van der Waals surface area (Å²) in [6.45, 7) is 4.14. The number of hydrogen-bond acceptors (Lipinski definition) is 5. The van der Waals surface area contributed by atoms with Crippen LogP contribution in [-0.2, 0) is 0 Å². The summed E-state index contributed by atoms with van der Waals surface area (Å²) in [5.74, 6) is 1.54. The van der Waals surface area contributed by atoms with Gasteiger partial charge in [-0.15, -0.1) is 0 Å². The summed E-state index contributed by atoms with van der Waals surface area (Å²) in [5, 5.41) is 11.9. The third-order valence-electron chi connectivity index (χ3n) is 2.12. The van der Waals surface area contributed by atoms with Gasteiger partial charge in [-0.2, -0.15) is 11.8 Å². The topological polar surface area (TPSA) is 88.2 Å². The minimum Gasteiger partial charge on any atom is -0.478 e. The first kappa shape index (κ1) is 13.6. The zero-order valence-electron chi connectivity index (χ0n) is 9.93. The number of nitrogens with one attached hydrogen (secondary N) is 1. The number of aromatic carboxylic acids is 1. The second-order valence-corrected chi connectivity index (χ2v) is 4.99. The number of rotatable bonds is 6. The smallest absolute Gasteiger partial charge is 0.337 e. The molecule has 0 aliphatic carbocycles. The van der Waals surface area contributed by atoms with E-state index in [9.17, 15) is 4.79 Å². The lowest BCUT2D eigenvalue weighted by Gasteiger charge is -2.15. The Morgan fingerprint density at radius 3 is 2.94 bits per heavy atom. The second-order valence-electron chi connectivity index (χ2n) is 3.67. The predicted octanol–water partition coefficient (Wildman–Crippen LogP) is 1.92. The molecule has 0 radical (unpaired) electrons. The SMILES string of the molecule is CCSCC(C)Nc1ncc(C(=O)O)cc1N. The molecule has 0 amide bonds. The third kappa shape index (κ3) is 4.14. The summed E-state index contributed by atoms with van der Waals surface area (Å²) < 4.78 is 0. The standard InChI is InChI=1S/C11H17N3O2S/c1-3-17-6-7(2)14-10-9(12)4-8(5-13-10)11(15)16/h4-5,7H,3,6,12H2,1-2H3,(H,13,14)(H,15,16). The van der Waals surface area contributed by atoms with Gasteiger partial charge in [-0.1, -0.05) is 6.92 Å². The average Bonchev–Trinajstić information content (AvgIpc) is 2.28. The van der Waals surface area contributed by atoms with Gasteiger partial charge in [-0.3, -0.25) is 0 Å². The molecule has 1 rings (SSSR count). The predicted molar refractivity (Wildman–Crippen MR) is 71.7 cm³/mol. The van der Waals surface area contributed by atoms with Crippen LogP contribution < -0.4 is 11.1 Å². The molecule has 0 saturated carbocycles. The van der Waals surface area contributed by atoms with E-state index >= 15 is 0 Å². The number of anilines is 2. The first-order valence-corrected chi connectivity index (χ1v) is 6.53. The molecule has 1 atom stereocenters. The first-order chi connectivity index (χ1) is 8.04. The lowest BCUT2D eigenvalue weighted by Crippen LogP contribution is -2.20. The van der Waals surface area contributed by atoms with Crippen LogP contribution in [0, 0.1) is 0 Å². The lowest BCUT2D eigenvalue weighted by molar-refractivity contribution is 0.0696. The van der Waals surface area contributed by atoms with Gasteiger partial charge >= 0.3 is 5.97 Å². The molecule has 4 N–H and O–H groups in total. The highest BCUT2D eigenvalue weighted by Gasteiger charge is 2.09. The van der Waals surface area contributed by atoms with Crippen LogP contribution in [0.2, 0.25) is 0 Å². The Morgan fingerprint density at radius 2 is 2.41 bits per heavy atom. The monoisotopic (exact) mass is 255 g/mol. The fourth-order valence-corrected chi connectivity index (χ4v) is 1.96. The number of carboxylic acid groups (broad SMARTS) is 1. The van der Waals surface area contributed by atoms with Crippen LogP contribution in [0.1, 0.15) is 24.2 Å². The number of hydrogen-bond donors (Lipinski definition) is 3. The highest BCUT2D eigenvalue weighted by atomic mass is 32.2. The number of thioether (sulfide) groups is 1. The van der Waals surface area contributed by atoms with Gasteiger partial charge in [0, 0.05) is 18.0 Å². The van der Waals surface area contributed by atoms with Gasteiger partial charge in [0.25, 0.3) is 0 Å². The fourth-order valence-electron chi connectivity index (χ4n) is 1.29. The maximum atomic E-state index is 10.7. The molecule has 0 bridgehead atoms. The number of pyridine rings is 1. The molecule has 1 aromatic rings. The van der Waals surface area contributed by atoms with Gasteiger partial charge < -0.3 is 16.2 Å². The molecule has 0 saturated heterocycles. The molecule has 1 unspecified atom stereocenters.